The Hall–Kier alpha value is -2.80. The van der Waals surface area contributed by atoms with Crippen molar-refractivity contribution in [3.63, 3.8) is 0 Å². The first kappa shape index (κ1) is 17.0. The third kappa shape index (κ3) is 3.83. The molecule has 0 aliphatic carbocycles. The standard InChI is InChI=1S/C18H13F2NO3S/c1-23-16-5-3-2-4-14(16)17-21-12(10-25-17)9-24-18(22)13-7-6-11(19)8-15(13)20/h2-8,10H,9H2,1H3. The molecule has 0 bridgehead atoms. The quantitative estimate of drug-likeness (QED) is 0.630. The second-order valence-corrected chi connectivity index (χ2v) is 5.90. The van der Waals surface area contributed by atoms with Gasteiger partial charge in [0.15, 0.2) is 0 Å². The molecule has 7 heteroatoms. The highest BCUT2D eigenvalue weighted by molar-refractivity contribution is 7.13. The van der Waals surface area contributed by atoms with Crippen LogP contribution in [0.5, 0.6) is 5.75 Å². The zero-order valence-electron chi connectivity index (χ0n) is 13.2. The third-order valence-electron chi connectivity index (χ3n) is 3.39. The summed E-state index contributed by atoms with van der Waals surface area (Å²) in [5.74, 6) is -1.90. The zero-order chi connectivity index (χ0) is 17.8. The van der Waals surface area contributed by atoms with Crippen LogP contribution in [0, 0.1) is 11.6 Å². The normalized spacial score (nSPS) is 10.5. The fourth-order valence-corrected chi connectivity index (χ4v) is 3.02. The molecule has 0 spiro atoms. The number of ether oxygens (including phenoxy) is 2. The lowest BCUT2D eigenvalue weighted by Gasteiger charge is -2.05. The summed E-state index contributed by atoms with van der Waals surface area (Å²) in [7, 11) is 1.58. The van der Waals surface area contributed by atoms with E-state index >= 15 is 0 Å². The second-order valence-electron chi connectivity index (χ2n) is 5.04. The van der Waals surface area contributed by atoms with Crippen molar-refractivity contribution >= 4 is 17.3 Å². The summed E-state index contributed by atoms with van der Waals surface area (Å²) in [6.45, 7) is -0.110. The summed E-state index contributed by atoms with van der Waals surface area (Å²) in [6, 6.07) is 10.1. The Bertz CT molecular complexity index is 911. The average Bonchev–Trinajstić information content (AvgIpc) is 3.08. The fourth-order valence-electron chi connectivity index (χ4n) is 2.19. The summed E-state index contributed by atoms with van der Waals surface area (Å²) in [4.78, 5) is 16.3. The monoisotopic (exact) mass is 361 g/mol. The van der Waals surface area contributed by atoms with Crippen LogP contribution < -0.4 is 4.74 Å². The van der Waals surface area contributed by atoms with Crippen molar-refractivity contribution in [2.24, 2.45) is 0 Å². The van der Waals surface area contributed by atoms with Crippen molar-refractivity contribution in [1.82, 2.24) is 4.98 Å². The molecule has 0 saturated carbocycles. The molecule has 0 fully saturated rings. The molecular weight excluding hydrogens is 348 g/mol. The van der Waals surface area contributed by atoms with E-state index in [0.29, 0.717) is 17.5 Å². The summed E-state index contributed by atoms with van der Waals surface area (Å²) in [5.41, 5.74) is 1.04. The summed E-state index contributed by atoms with van der Waals surface area (Å²) in [5, 5.41) is 2.47. The number of aromatic nitrogens is 1. The number of halogens is 2. The van der Waals surface area contributed by atoms with Crippen molar-refractivity contribution in [1.29, 1.82) is 0 Å². The van der Waals surface area contributed by atoms with E-state index in [1.54, 1.807) is 12.5 Å². The number of carbonyl (C=O) groups excluding carboxylic acids is 1. The number of carbonyl (C=O) groups is 1. The minimum absolute atomic E-state index is 0.110. The predicted octanol–water partition coefficient (Wildman–Crippen LogP) is 4.45. The number of hydrogen-bond acceptors (Lipinski definition) is 5. The number of hydrogen-bond donors (Lipinski definition) is 0. The molecular formula is C18H13F2NO3S. The van der Waals surface area contributed by atoms with Crippen LogP contribution >= 0.6 is 11.3 Å². The van der Waals surface area contributed by atoms with Gasteiger partial charge in [-0.1, -0.05) is 12.1 Å². The molecule has 0 aliphatic heterocycles. The molecule has 3 aromatic rings. The molecule has 4 nitrogen and oxygen atoms in total. The number of rotatable bonds is 5. The fraction of sp³-hybridized carbons (Fsp3) is 0.111. The van der Waals surface area contributed by atoms with Crippen molar-refractivity contribution in [2.45, 2.75) is 6.61 Å². The maximum absolute atomic E-state index is 13.6. The predicted molar refractivity (Wildman–Crippen MR) is 89.6 cm³/mol. The van der Waals surface area contributed by atoms with Crippen LogP contribution in [0.3, 0.4) is 0 Å². The number of thiazole rings is 1. The van der Waals surface area contributed by atoms with Crippen molar-refractivity contribution in [3.05, 3.63) is 70.7 Å². The van der Waals surface area contributed by atoms with Crippen LogP contribution in [0.25, 0.3) is 10.6 Å². The Morgan fingerprint density at radius 2 is 2.00 bits per heavy atom. The minimum atomic E-state index is -0.960. The zero-order valence-corrected chi connectivity index (χ0v) is 14.0. The van der Waals surface area contributed by atoms with Gasteiger partial charge in [0.05, 0.1) is 23.9 Å². The topological polar surface area (TPSA) is 48.4 Å². The van der Waals surface area contributed by atoms with Gasteiger partial charge in [-0.25, -0.2) is 18.6 Å². The molecule has 1 aromatic heterocycles. The summed E-state index contributed by atoms with van der Waals surface area (Å²) in [6.07, 6.45) is 0. The van der Waals surface area contributed by atoms with Crippen LogP contribution in [0.1, 0.15) is 16.1 Å². The molecule has 2 aromatic carbocycles. The lowest BCUT2D eigenvalue weighted by Crippen LogP contribution is -2.08. The van der Waals surface area contributed by atoms with Gasteiger partial charge >= 0.3 is 5.97 Å². The summed E-state index contributed by atoms with van der Waals surface area (Å²) >= 11 is 1.38. The van der Waals surface area contributed by atoms with Gasteiger partial charge in [0, 0.05) is 11.4 Å². The molecule has 0 aliphatic rings. The number of benzene rings is 2. The average molecular weight is 361 g/mol. The van der Waals surface area contributed by atoms with Crippen molar-refractivity contribution < 1.29 is 23.0 Å². The first-order chi connectivity index (χ1) is 12.1. The number of methoxy groups -OCH3 is 1. The van der Waals surface area contributed by atoms with Crippen LogP contribution in [-0.4, -0.2) is 18.1 Å². The van der Waals surface area contributed by atoms with E-state index in [-0.39, 0.29) is 12.2 Å². The van der Waals surface area contributed by atoms with Gasteiger partial charge in [-0.05, 0) is 24.3 Å². The lowest BCUT2D eigenvalue weighted by atomic mass is 10.2. The van der Waals surface area contributed by atoms with E-state index in [2.05, 4.69) is 4.98 Å². The molecule has 1 heterocycles. The first-order valence-corrected chi connectivity index (χ1v) is 8.16. The molecule has 3 rings (SSSR count). The highest BCUT2D eigenvalue weighted by Crippen LogP contribution is 2.32. The Labute approximate surface area is 146 Å². The van der Waals surface area contributed by atoms with Gasteiger partial charge in [-0.2, -0.15) is 0 Å². The molecule has 0 unspecified atom stereocenters. The van der Waals surface area contributed by atoms with E-state index in [4.69, 9.17) is 9.47 Å². The van der Waals surface area contributed by atoms with Crippen LogP contribution in [0.15, 0.2) is 47.8 Å². The smallest absolute Gasteiger partial charge is 0.341 e. The van der Waals surface area contributed by atoms with E-state index < -0.39 is 17.6 Å². The van der Waals surface area contributed by atoms with Crippen LogP contribution in [0.2, 0.25) is 0 Å². The largest absolute Gasteiger partial charge is 0.496 e. The third-order valence-corrected chi connectivity index (χ3v) is 4.32. The van der Waals surface area contributed by atoms with Crippen molar-refractivity contribution in [2.75, 3.05) is 7.11 Å². The molecule has 0 saturated heterocycles. The Morgan fingerprint density at radius 1 is 1.20 bits per heavy atom. The van der Waals surface area contributed by atoms with Crippen LogP contribution in [-0.2, 0) is 11.3 Å². The SMILES string of the molecule is COc1ccccc1-c1nc(COC(=O)c2ccc(F)cc2F)cs1. The molecule has 0 radical (unpaired) electrons. The van der Waals surface area contributed by atoms with Gasteiger partial charge < -0.3 is 9.47 Å². The number of esters is 1. The van der Waals surface area contributed by atoms with Gasteiger partial charge in [0.2, 0.25) is 0 Å². The first-order valence-electron chi connectivity index (χ1n) is 7.28. The Balaban J connectivity index is 1.70. The molecule has 128 valence electrons. The van der Waals surface area contributed by atoms with E-state index in [9.17, 15) is 13.6 Å². The van der Waals surface area contributed by atoms with E-state index in [1.165, 1.54) is 11.3 Å². The molecule has 0 N–H and O–H groups in total. The highest BCUT2D eigenvalue weighted by atomic mass is 32.1. The maximum Gasteiger partial charge on any atom is 0.341 e. The van der Waals surface area contributed by atoms with E-state index in [1.807, 2.05) is 24.3 Å². The van der Waals surface area contributed by atoms with Gasteiger partial charge in [0.1, 0.15) is 29.0 Å². The Morgan fingerprint density at radius 3 is 2.76 bits per heavy atom. The highest BCUT2D eigenvalue weighted by Gasteiger charge is 2.15. The number of para-hydroxylation sites is 1. The van der Waals surface area contributed by atoms with Crippen molar-refractivity contribution in [3.8, 4) is 16.3 Å². The van der Waals surface area contributed by atoms with Crippen LogP contribution in [0.4, 0.5) is 8.78 Å². The Kier molecular flexibility index (Phi) is 5.04. The van der Waals surface area contributed by atoms with Gasteiger partial charge in [0.25, 0.3) is 0 Å². The molecule has 0 amide bonds. The lowest BCUT2D eigenvalue weighted by molar-refractivity contribution is 0.0463. The summed E-state index contributed by atoms with van der Waals surface area (Å²) < 4.78 is 36.8. The van der Waals surface area contributed by atoms with E-state index in [0.717, 1.165) is 22.7 Å². The van der Waals surface area contributed by atoms with Gasteiger partial charge in [-0.15, -0.1) is 11.3 Å². The second kappa shape index (κ2) is 7.40. The number of nitrogens with zero attached hydrogens (tertiary/aromatic N) is 1. The maximum atomic E-state index is 13.6. The van der Waals surface area contributed by atoms with Gasteiger partial charge in [-0.3, -0.25) is 0 Å². The minimum Gasteiger partial charge on any atom is -0.496 e. The molecule has 25 heavy (non-hydrogen) atoms. The molecule has 0 atom stereocenters.